The van der Waals surface area contributed by atoms with Crippen LogP contribution in [0.1, 0.15) is 39.5 Å². The summed E-state index contributed by atoms with van der Waals surface area (Å²) in [7, 11) is 4.05. The molecule has 0 spiro atoms. The predicted molar refractivity (Wildman–Crippen MR) is 78.4 cm³/mol. The van der Waals surface area contributed by atoms with E-state index in [1.807, 2.05) is 14.1 Å². The van der Waals surface area contributed by atoms with Crippen LogP contribution in [-0.4, -0.2) is 48.6 Å². The maximum absolute atomic E-state index is 12.1. The lowest BCUT2D eigenvalue weighted by atomic mass is 10.0. The highest BCUT2D eigenvalue weighted by atomic mass is 16.4. The number of carboxylic acids is 1. The lowest BCUT2D eigenvalue weighted by molar-refractivity contribution is -0.141. The number of carbonyl (C=O) groups is 2. The number of amides is 1. The summed E-state index contributed by atoms with van der Waals surface area (Å²) in [4.78, 5) is 25.1. The molecule has 0 aromatic heterocycles. The minimum Gasteiger partial charge on any atom is -0.481 e. The summed E-state index contributed by atoms with van der Waals surface area (Å²) in [6, 6.07) is 0.329. The predicted octanol–water partition coefficient (Wildman–Crippen LogP) is 1.58. The highest BCUT2D eigenvalue weighted by molar-refractivity contribution is 5.80. The van der Waals surface area contributed by atoms with E-state index in [9.17, 15) is 9.59 Å². The molecule has 0 aliphatic heterocycles. The van der Waals surface area contributed by atoms with Crippen molar-refractivity contribution in [2.24, 2.45) is 17.8 Å². The number of carboxylic acid groups (broad SMARTS) is 1. The van der Waals surface area contributed by atoms with Gasteiger partial charge in [0.2, 0.25) is 5.91 Å². The number of hydrogen-bond donors (Lipinski definition) is 2. The van der Waals surface area contributed by atoms with Crippen LogP contribution in [0.25, 0.3) is 0 Å². The second kappa shape index (κ2) is 7.62. The number of likely N-dealkylation sites (N-methyl/N-ethyl adjacent to an activating group) is 1. The van der Waals surface area contributed by atoms with Crippen LogP contribution < -0.4 is 5.32 Å². The molecule has 0 aromatic rings. The van der Waals surface area contributed by atoms with Gasteiger partial charge in [-0.2, -0.15) is 0 Å². The summed E-state index contributed by atoms with van der Waals surface area (Å²) < 4.78 is 0. The van der Waals surface area contributed by atoms with Crippen LogP contribution in [0.15, 0.2) is 0 Å². The normalized spacial score (nSPS) is 24.1. The molecule has 1 amide bonds. The van der Waals surface area contributed by atoms with Gasteiger partial charge in [0.25, 0.3) is 0 Å². The summed E-state index contributed by atoms with van der Waals surface area (Å²) in [5, 5.41) is 12.0. The summed E-state index contributed by atoms with van der Waals surface area (Å²) in [6.07, 6.45) is 2.84. The van der Waals surface area contributed by atoms with Crippen LogP contribution in [0.4, 0.5) is 0 Å². The maximum Gasteiger partial charge on any atom is 0.306 e. The van der Waals surface area contributed by atoms with Crippen molar-refractivity contribution < 1.29 is 14.7 Å². The van der Waals surface area contributed by atoms with E-state index in [0.29, 0.717) is 37.8 Å². The molecule has 1 unspecified atom stereocenters. The van der Waals surface area contributed by atoms with Crippen LogP contribution in [0.2, 0.25) is 0 Å². The zero-order valence-corrected chi connectivity index (χ0v) is 13.1. The average Bonchev–Trinajstić information content (AvgIpc) is 2.82. The van der Waals surface area contributed by atoms with E-state index in [1.165, 1.54) is 0 Å². The van der Waals surface area contributed by atoms with Crippen molar-refractivity contribution in [3.8, 4) is 0 Å². The molecule has 1 saturated carbocycles. The first-order valence-corrected chi connectivity index (χ1v) is 7.48. The largest absolute Gasteiger partial charge is 0.481 e. The molecule has 2 N–H and O–H groups in total. The number of rotatable bonds is 7. The molecule has 1 rings (SSSR count). The molecule has 0 radical (unpaired) electrons. The Balaban J connectivity index is 2.40. The Morgan fingerprint density at radius 1 is 1.25 bits per heavy atom. The smallest absolute Gasteiger partial charge is 0.306 e. The summed E-state index contributed by atoms with van der Waals surface area (Å²) in [5.41, 5.74) is 0. The van der Waals surface area contributed by atoms with Crippen molar-refractivity contribution in [1.82, 2.24) is 10.2 Å². The highest BCUT2D eigenvalue weighted by Crippen LogP contribution is 2.31. The third-order valence-electron chi connectivity index (χ3n) is 4.14. The van der Waals surface area contributed by atoms with Crippen LogP contribution in [0.3, 0.4) is 0 Å². The standard InChI is InChI=1S/C15H28N2O3/c1-10(2)7-13(17(3)4)9-16-14(18)11-5-6-12(8-11)15(19)20/h10-13H,5-9H2,1-4H3,(H,16,18)(H,19,20)/t11-,12+,13?/m1/s1. The second-order valence-corrected chi connectivity index (χ2v) is 6.54. The van der Waals surface area contributed by atoms with Gasteiger partial charge in [0.1, 0.15) is 0 Å². The van der Waals surface area contributed by atoms with Gasteiger partial charge in [-0.15, -0.1) is 0 Å². The fraction of sp³-hybridized carbons (Fsp3) is 0.867. The van der Waals surface area contributed by atoms with Crippen molar-refractivity contribution in [3.63, 3.8) is 0 Å². The van der Waals surface area contributed by atoms with Crippen LogP contribution in [0.5, 0.6) is 0 Å². The number of hydrogen-bond acceptors (Lipinski definition) is 3. The van der Waals surface area contributed by atoms with E-state index in [0.717, 1.165) is 6.42 Å². The van der Waals surface area contributed by atoms with Gasteiger partial charge in [-0.3, -0.25) is 9.59 Å². The molecule has 1 aliphatic rings. The highest BCUT2D eigenvalue weighted by Gasteiger charge is 2.33. The summed E-state index contributed by atoms with van der Waals surface area (Å²) >= 11 is 0. The minimum absolute atomic E-state index is 0.0179. The Bertz CT molecular complexity index is 342. The Labute approximate surface area is 121 Å². The third kappa shape index (κ3) is 5.12. The fourth-order valence-electron chi connectivity index (χ4n) is 2.83. The molecule has 0 heterocycles. The quantitative estimate of drug-likeness (QED) is 0.744. The minimum atomic E-state index is -0.772. The van der Waals surface area contributed by atoms with Gasteiger partial charge < -0.3 is 15.3 Å². The van der Waals surface area contributed by atoms with Crippen molar-refractivity contribution in [3.05, 3.63) is 0 Å². The maximum atomic E-state index is 12.1. The Kier molecular flexibility index (Phi) is 6.46. The Hall–Kier alpha value is -1.10. The molecule has 5 heteroatoms. The van der Waals surface area contributed by atoms with Gasteiger partial charge in [-0.1, -0.05) is 13.8 Å². The monoisotopic (exact) mass is 284 g/mol. The first-order valence-electron chi connectivity index (χ1n) is 7.48. The third-order valence-corrected chi connectivity index (χ3v) is 4.14. The zero-order chi connectivity index (χ0) is 15.3. The van der Waals surface area contributed by atoms with E-state index in [1.54, 1.807) is 0 Å². The molecule has 0 bridgehead atoms. The first-order chi connectivity index (χ1) is 9.31. The average molecular weight is 284 g/mol. The van der Waals surface area contributed by atoms with Gasteiger partial charge in [0.05, 0.1) is 5.92 Å². The van der Waals surface area contributed by atoms with Crippen molar-refractivity contribution in [2.45, 2.75) is 45.6 Å². The molecule has 20 heavy (non-hydrogen) atoms. The number of aliphatic carboxylic acids is 1. The summed E-state index contributed by atoms with van der Waals surface area (Å²) in [5.74, 6) is -0.637. The van der Waals surface area contributed by atoms with E-state index in [4.69, 9.17) is 5.11 Å². The van der Waals surface area contributed by atoms with E-state index < -0.39 is 5.97 Å². The van der Waals surface area contributed by atoms with Gasteiger partial charge in [-0.25, -0.2) is 0 Å². The molecule has 116 valence electrons. The van der Waals surface area contributed by atoms with Gasteiger partial charge in [0, 0.05) is 18.5 Å². The Morgan fingerprint density at radius 3 is 2.30 bits per heavy atom. The molecule has 0 aromatic carbocycles. The van der Waals surface area contributed by atoms with Crippen molar-refractivity contribution >= 4 is 11.9 Å². The van der Waals surface area contributed by atoms with Gasteiger partial charge >= 0.3 is 5.97 Å². The lowest BCUT2D eigenvalue weighted by Gasteiger charge is -2.26. The molecular weight excluding hydrogens is 256 g/mol. The van der Waals surface area contributed by atoms with Crippen molar-refractivity contribution in [1.29, 1.82) is 0 Å². The Morgan fingerprint density at radius 2 is 1.85 bits per heavy atom. The molecule has 0 saturated heterocycles. The van der Waals surface area contributed by atoms with E-state index >= 15 is 0 Å². The van der Waals surface area contributed by atoms with Crippen LogP contribution in [0, 0.1) is 17.8 Å². The zero-order valence-electron chi connectivity index (χ0n) is 13.1. The number of carbonyl (C=O) groups excluding carboxylic acids is 1. The molecular formula is C15H28N2O3. The van der Waals surface area contributed by atoms with E-state index in [-0.39, 0.29) is 17.7 Å². The van der Waals surface area contributed by atoms with Crippen LogP contribution >= 0.6 is 0 Å². The lowest BCUT2D eigenvalue weighted by Crippen LogP contribution is -2.42. The van der Waals surface area contributed by atoms with Crippen LogP contribution in [-0.2, 0) is 9.59 Å². The molecule has 3 atom stereocenters. The topological polar surface area (TPSA) is 69.6 Å². The SMILES string of the molecule is CC(C)CC(CNC(=O)[C@@H]1CC[C@H](C(=O)O)C1)N(C)C. The van der Waals surface area contributed by atoms with E-state index in [2.05, 4.69) is 24.1 Å². The van der Waals surface area contributed by atoms with Gasteiger partial charge in [0.15, 0.2) is 0 Å². The number of nitrogens with zero attached hydrogens (tertiary/aromatic N) is 1. The van der Waals surface area contributed by atoms with Crippen molar-refractivity contribution in [2.75, 3.05) is 20.6 Å². The summed E-state index contributed by atoms with van der Waals surface area (Å²) in [6.45, 7) is 4.98. The first kappa shape index (κ1) is 17.0. The van der Waals surface area contributed by atoms with Gasteiger partial charge in [-0.05, 0) is 45.7 Å². The molecule has 5 nitrogen and oxygen atoms in total. The fourth-order valence-corrected chi connectivity index (χ4v) is 2.83. The molecule has 1 fully saturated rings. The molecule has 1 aliphatic carbocycles. The number of nitrogens with one attached hydrogen (secondary N) is 1. The second-order valence-electron chi connectivity index (χ2n) is 6.54.